The lowest BCUT2D eigenvalue weighted by molar-refractivity contribution is -0.0916. The van der Waals surface area contributed by atoms with Crippen molar-refractivity contribution >= 4 is 0 Å². The highest BCUT2D eigenvalue weighted by molar-refractivity contribution is 5.32. The zero-order valence-electron chi connectivity index (χ0n) is 17.7. The summed E-state index contributed by atoms with van der Waals surface area (Å²) in [5.74, 6) is 2.61. The van der Waals surface area contributed by atoms with Gasteiger partial charge >= 0.3 is 0 Å². The minimum atomic E-state index is 0.536. The summed E-state index contributed by atoms with van der Waals surface area (Å²) in [5.41, 5.74) is 6.97. The highest BCUT2D eigenvalue weighted by atomic mass is 14.6. The molecule has 0 amide bonds. The average Bonchev–Trinajstić information content (AvgIpc) is 2.88. The molecule has 2 fully saturated rings. The van der Waals surface area contributed by atoms with E-state index in [0.29, 0.717) is 16.2 Å². The van der Waals surface area contributed by atoms with Gasteiger partial charge in [-0.15, -0.1) is 0 Å². The first-order chi connectivity index (χ1) is 11.6. The van der Waals surface area contributed by atoms with Gasteiger partial charge in [0.15, 0.2) is 0 Å². The molecule has 0 saturated heterocycles. The molecule has 0 spiro atoms. The lowest BCUT2D eigenvalue weighted by atomic mass is 9.45. The van der Waals surface area contributed by atoms with Crippen LogP contribution in [0.4, 0.5) is 0 Å². The fourth-order valence-corrected chi connectivity index (χ4v) is 7.26. The highest BCUT2D eigenvalue weighted by Gasteiger charge is 2.55. The minimum Gasteiger partial charge on any atom is -0.0847 e. The second kappa shape index (κ2) is 5.74. The van der Waals surface area contributed by atoms with Crippen LogP contribution in [-0.4, -0.2) is 0 Å². The molecular formula is C25H40. The largest absolute Gasteiger partial charge is 0.0847 e. The molecule has 0 aromatic heterocycles. The molecule has 5 unspecified atom stereocenters. The van der Waals surface area contributed by atoms with E-state index in [4.69, 9.17) is 0 Å². The Bertz CT molecular complexity index is 618. The maximum absolute atomic E-state index is 2.68. The third kappa shape index (κ3) is 2.87. The summed E-state index contributed by atoms with van der Waals surface area (Å²) < 4.78 is 0. The monoisotopic (exact) mass is 340 g/mol. The molecule has 0 aromatic rings. The third-order valence-corrected chi connectivity index (χ3v) is 9.30. The molecule has 140 valence electrons. The van der Waals surface area contributed by atoms with E-state index in [9.17, 15) is 0 Å². The molecule has 0 bridgehead atoms. The summed E-state index contributed by atoms with van der Waals surface area (Å²) in [4.78, 5) is 0. The van der Waals surface area contributed by atoms with Gasteiger partial charge in [0.1, 0.15) is 0 Å². The van der Waals surface area contributed by atoms with Crippen molar-refractivity contribution in [1.29, 1.82) is 0 Å². The van der Waals surface area contributed by atoms with Crippen molar-refractivity contribution in [2.24, 2.45) is 34.0 Å². The predicted molar refractivity (Wildman–Crippen MR) is 108 cm³/mol. The molecule has 25 heavy (non-hydrogen) atoms. The van der Waals surface area contributed by atoms with Gasteiger partial charge in [-0.1, -0.05) is 50.5 Å². The number of hydrogen-bond donors (Lipinski definition) is 0. The van der Waals surface area contributed by atoms with Crippen LogP contribution in [0.15, 0.2) is 22.8 Å². The van der Waals surface area contributed by atoms with Crippen LogP contribution in [0, 0.1) is 34.0 Å². The van der Waals surface area contributed by atoms with E-state index in [0.717, 1.165) is 17.8 Å². The van der Waals surface area contributed by atoms with Crippen molar-refractivity contribution in [1.82, 2.24) is 0 Å². The van der Waals surface area contributed by atoms with E-state index in [2.05, 4.69) is 47.6 Å². The molecule has 0 heteroatoms. The van der Waals surface area contributed by atoms with Crippen LogP contribution in [0.25, 0.3) is 0 Å². The maximum Gasteiger partial charge on any atom is 0.000998 e. The van der Waals surface area contributed by atoms with Crippen molar-refractivity contribution < 1.29 is 0 Å². The Kier molecular flexibility index (Phi) is 4.10. The number of hydrogen-bond acceptors (Lipinski definition) is 0. The fraction of sp³-hybridized carbons (Fsp3) is 0.840. The number of fused-ring (bicyclic) bond motifs is 4. The number of allylic oxidation sites excluding steroid dienone is 4. The first-order valence-corrected chi connectivity index (χ1v) is 11.0. The van der Waals surface area contributed by atoms with Crippen LogP contribution in [0.5, 0.6) is 0 Å². The molecule has 0 nitrogen and oxygen atoms in total. The second-order valence-corrected chi connectivity index (χ2v) is 11.6. The first-order valence-electron chi connectivity index (χ1n) is 11.0. The minimum absolute atomic E-state index is 0.536. The Morgan fingerprint density at radius 3 is 2.32 bits per heavy atom. The van der Waals surface area contributed by atoms with E-state index < -0.39 is 0 Å². The Balaban J connectivity index is 1.74. The first kappa shape index (κ1) is 17.9. The van der Waals surface area contributed by atoms with Crippen molar-refractivity contribution in [2.75, 3.05) is 0 Å². The summed E-state index contributed by atoms with van der Waals surface area (Å²) in [6, 6.07) is 0. The van der Waals surface area contributed by atoms with Gasteiger partial charge in [0, 0.05) is 5.92 Å². The van der Waals surface area contributed by atoms with Gasteiger partial charge in [0.2, 0.25) is 0 Å². The van der Waals surface area contributed by atoms with E-state index >= 15 is 0 Å². The third-order valence-electron chi connectivity index (χ3n) is 9.30. The van der Waals surface area contributed by atoms with Crippen LogP contribution < -0.4 is 0 Å². The lowest BCUT2D eigenvalue weighted by Gasteiger charge is -2.60. The fourth-order valence-electron chi connectivity index (χ4n) is 7.26. The SMILES string of the molecule is CC1=C2CC3(C)CCC4(C)CCC(C)(C)CC4C3C/C=C(/C)C2CC1. The summed E-state index contributed by atoms with van der Waals surface area (Å²) in [5, 5.41) is 0. The van der Waals surface area contributed by atoms with Crippen LogP contribution >= 0.6 is 0 Å². The number of rotatable bonds is 0. The van der Waals surface area contributed by atoms with E-state index in [1.807, 2.05) is 5.57 Å². The normalized spacial score (nSPS) is 48.6. The summed E-state index contributed by atoms with van der Waals surface area (Å²) in [6.07, 6.45) is 15.4. The van der Waals surface area contributed by atoms with Gasteiger partial charge in [-0.05, 0) is 99.7 Å². The summed E-state index contributed by atoms with van der Waals surface area (Å²) >= 11 is 0. The molecule has 4 aliphatic rings. The van der Waals surface area contributed by atoms with Gasteiger partial charge < -0.3 is 0 Å². The molecule has 0 radical (unpaired) electrons. The van der Waals surface area contributed by atoms with Crippen LogP contribution in [0.3, 0.4) is 0 Å². The van der Waals surface area contributed by atoms with Gasteiger partial charge in [-0.2, -0.15) is 0 Å². The Hall–Kier alpha value is -0.520. The van der Waals surface area contributed by atoms with Gasteiger partial charge in [0.05, 0.1) is 0 Å². The topological polar surface area (TPSA) is 0 Å². The molecule has 0 heterocycles. The Morgan fingerprint density at radius 2 is 1.56 bits per heavy atom. The predicted octanol–water partition coefficient (Wildman–Crippen LogP) is 7.70. The molecule has 0 aromatic carbocycles. The second-order valence-electron chi connectivity index (χ2n) is 11.6. The standard InChI is InChI=1S/C25H40/c1-17-8-10-21-22-16-23(3,4)11-12-24(22,5)13-14-25(21,6)15-20-18(2)7-9-19(17)20/h8,19,21-22H,7,9-16H2,1-6H3/b17-8-. The van der Waals surface area contributed by atoms with Crippen LogP contribution in [-0.2, 0) is 0 Å². The molecular weight excluding hydrogens is 300 g/mol. The Morgan fingerprint density at radius 1 is 0.880 bits per heavy atom. The average molecular weight is 341 g/mol. The van der Waals surface area contributed by atoms with E-state index in [1.54, 1.807) is 11.1 Å². The maximum atomic E-state index is 2.68. The van der Waals surface area contributed by atoms with Crippen LogP contribution in [0.2, 0.25) is 0 Å². The summed E-state index contributed by atoms with van der Waals surface area (Å²) in [6.45, 7) is 15.2. The van der Waals surface area contributed by atoms with Crippen LogP contribution in [0.1, 0.15) is 99.3 Å². The van der Waals surface area contributed by atoms with Gasteiger partial charge in [-0.25, -0.2) is 0 Å². The Labute approximate surface area is 156 Å². The molecule has 4 rings (SSSR count). The smallest absolute Gasteiger partial charge is 0.000998 e. The molecule has 5 atom stereocenters. The van der Waals surface area contributed by atoms with E-state index in [-0.39, 0.29) is 0 Å². The van der Waals surface area contributed by atoms with Crippen molar-refractivity contribution in [2.45, 2.75) is 99.3 Å². The summed E-state index contributed by atoms with van der Waals surface area (Å²) in [7, 11) is 0. The van der Waals surface area contributed by atoms with Crippen molar-refractivity contribution in [3.05, 3.63) is 22.8 Å². The van der Waals surface area contributed by atoms with Crippen molar-refractivity contribution in [3.63, 3.8) is 0 Å². The zero-order chi connectivity index (χ0) is 18.0. The van der Waals surface area contributed by atoms with Crippen molar-refractivity contribution in [3.8, 4) is 0 Å². The van der Waals surface area contributed by atoms with Gasteiger partial charge in [0.25, 0.3) is 0 Å². The highest BCUT2D eigenvalue weighted by Crippen LogP contribution is 2.65. The quantitative estimate of drug-likeness (QED) is 0.396. The molecule has 4 aliphatic carbocycles. The lowest BCUT2D eigenvalue weighted by Crippen LogP contribution is -2.51. The molecule has 0 aliphatic heterocycles. The molecule has 0 N–H and O–H groups in total. The molecule has 2 saturated carbocycles. The zero-order valence-corrected chi connectivity index (χ0v) is 17.7. The van der Waals surface area contributed by atoms with Gasteiger partial charge in [-0.3, -0.25) is 0 Å². The van der Waals surface area contributed by atoms with E-state index in [1.165, 1.54) is 57.8 Å².